The van der Waals surface area contributed by atoms with E-state index in [0.29, 0.717) is 12.3 Å². The van der Waals surface area contributed by atoms with Crippen LogP contribution in [0.2, 0.25) is 0 Å². The second-order valence-corrected chi connectivity index (χ2v) is 4.85. The van der Waals surface area contributed by atoms with Crippen LogP contribution in [-0.4, -0.2) is 16.2 Å². The molecule has 1 atom stereocenters. The van der Waals surface area contributed by atoms with Crippen molar-refractivity contribution in [1.82, 2.24) is 0 Å². The highest BCUT2D eigenvalue weighted by Gasteiger charge is 2.20. The minimum Gasteiger partial charge on any atom is -0.508 e. The van der Waals surface area contributed by atoms with Crippen LogP contribution >= 0.6 is 0 Å². The van der Waals surface area contributed by atoms with Crippen molar-refractivity contribution in [2.45, 2.75) is 39.5 Å². The summed E-state index contributed by atoms with van der Waals surface area (Å²) in [4.78, 5) is 10.6. The molecule has 1 aromatic rings. The summed E-state index contributed by atoms with van der Waals surface area (Å²) in [5, 5.41) is 18.6. The van der Waals surface area contributed by atoms with Gasteiger partial charge in [0.2, 0.25) is 0 Å². The second kappa shape index (κ2) is 5.71. The van der Waals surface area contributed by atoms with Crippen LogP contribution in [-0.2, 0) is 4.79 Å². The first-order valence-electron chi connectivity index (χ1n) is 5.93. The maximum absolute atomic E-state index is 10.6. The minimum absolute atomic E-state index is 0.0889. The number of phenolic OH excluding ortho intramolecular Hbond substituents is 1. The van der Waals surface area contributed by atoms with Gasteiger partial charge in [0, 0.05) is 6.42 Å². The standard InChI is InChI=1S/C14H20O3/c1-9(2)11(5-7-14(16)17)12-8-10(3)4-6-13(12)15/h4,6,8-9,11,15H,5,7H2,1-3H3,(H,16,17)/t11-/m1/s1. The van der Waals surface area contributed by atoms with Gasteiger partial charge in [-0.25, -0.2) is 0 Å². The zero-order chi connectivity index (χ0) is 13.0. The third kappa shape index (κ3) is 3.77. The van der Waals surface area contributed by atoms with Gasteiger partial charge in [-0.05, 0) is 36.8 Å². The highest BCUT2D eigenvalue weighted by Crippen LogP contribution is 2.35. The van der Waals surface area contributed by atoms with Gasteiger partial charge in [-0.15, -0.1) is 0 Å². The molecule has 0 saturated heterocycles. The van der Waals surface area contributed by atoms with Crippen LogP contribution in [0.3, 0.4) is 0 Å². The average molecular weight is 236 g/mol. The minimum atomic E-state index is -0.789. The van der Waals surface area contributed by atoms with Crippen LogP contribution < -0.4 is 0 Å². The largest absolute Gasteiger partial charge is 0.508 e. The van der Waals surface area contributed by atoms with E-state index in [-0.39, 0.29) is 18.1 Å². The highest BCUT2D eigenvalue weighted by molar-refractivity contribution is 5.66. The quantitative estimate of drug-likeness (QED) is 0.824. The average Bonchev–Trinajstić information content (AvgIpc) is 2.22. The lowest BCUT2D eigenvalue weighted by Gasteiger charge is -2.22. The molecule has 0 heterocycles. The first kappa shape index (κ1) is 13.6. The third-order valence-corrected chi connectivity index (χ3v) is 3.06. The Balaban J connectivity index is 2.96. The Hall–Kier alpha value is -1.51. The Kier molecular flexibility index (Phi) is 4.55. The van der Waals surface area contributed by atoms with Crippen molar-refractivity contribution in [2.75, 3.05) is 0 Å². The van der Waals surface area contributed by atoms with Gasteiger partial charge < -0.3 is 10.2 Å². The van der Waals surface area contributed by atoms with Crippen molar-refractivity contribution in [3.63, 3.8) is 0 Å². The summed E-state index contributed by atoms with van der Waals surface area (Å²) in [5.74, 6) is -0.129. The van der Waals surface area contributed by atoms with Gasteiger partial charge in [-0.3, -0.25) is 4.79 Å². The molecule has 0 fully saturated rings. The van der Waals surface area contributed by atoms with E-state index >= 15 is 0 Å². The molecular formula is C14H20O3. The summed E-state index contributed by atoms with van der Waals surface area (Å²) >= 11 is 0. The van der Waals surface area contributed by atoms with Crippen molar-refractivity contribution >= 4 is 5.97 Å². The van der Waals surface area contributed by atoms with Crippen LogP contribution in [0, 0.1) is 12.8 Å². The van der Waals surface area contributed by atoms with Gasteiger partial charge >= 0.3 is 5.97 Å². The number of hydrogen-bond donors (Lipinski definition) is 2. The predicted molar refractivity (Wildman–Crippen MR) is 67.3 cm³/mol. The molecule has 0 aliphatic carbocycles. The summed E-state index contributed by atoms with van der Waals surface area (Å²) in [6, 6.07) is 5.48. The van der Waals surface area contributed by atoms with Crippen molar-refractivity contribution in [1.29, 1.82) is 0 Å². The van der Waals surface area contributed by atoms with Gasteiger partial charge in [-0.2, -0.15) is 0 Å². The normalized spacial score (nSPS) is 12.7. The van der Waals surface area contributed by atoms with Crippen LogP contribution in [0.1, 0.15) is 43.7 Å². The summed E-state index contributed by atoms with van der Waals surface area (Å²) in [6.07, 6.45) is 0.695. The zero-order valence-corrected chi connectivity index (χ0v) is 10.6. The van der Waals surface area contributed by atoms with Gasteiger partial charge in [0.05, 0.1) is 0 Å². The zero-order valence-electron chi connectivity index (χ0n) is 10.6. The Bertz CT molecular complexity index is 396. The van der Waals surface area contributed by atoms with E-state index in [1.54, 1.807) is 6.07 Å². The molecule has 0 saturated carbocycles. The maximum Gasteiger partial charge on any atom is 0.303 e. The lowest BCUT2D eigenvalue weighted by molar-refractivity contribution is -0.137. The Labute approximate surface area is 102 Å². The molecule has 0 radical (unpaired) electrons. The fourth-order valence-corrected chi connectivity index (χ4v) is 2.10. The number of carbonyl (C=O) groups is 1. The number of benzene rings is 1. The topological polar surface area (TPSA) is 57.5 Å². The predicted octanol–water partition coefficient (Wildman–Crippen LogP) is 3.31. The fourth-order valence-electron chi connectivity index (χ4n) is 2.10. The molecule has 2 N–H and O–H groups in total. The van der Waals surface area contributed by atoms with E-state index < -0.39 is 5.97 Å². The number of phenols is 1. The van der Waals surface area contributed by atoms with E-state index in [2.05, 4.69) is 0 Å². The Morgan fingerprint density at radius 3 is 2.53 bits per heavy atom. The molecule has 3 nitrogen and oxygen atoms in total. The number of hydrogen-bond acceptors (Lipinski definition) is 2. The molecule has 0 aromatic heterocycles. The fraction of sp³-hybridized carbons (Fsp3) is 0.500. The number of carboxylic acid groups (broad SMARTS) is 1. The molecule has 17 heavy (non-hydrogen) atoms. The number of carboxylic acids is 1. The number of aryl methyl sites for hydroxylation is 1. The van der Waals surface area contributed by atoms with Crippen LogP contribution in [0.15, 0.2) is 18.2 Å². The van der Waals surface area contributed by atoms with Crippen LogP contribution in [0.4, 0.5) is 0 Å². The summed E-state index contributed by atoms with van der Waals surface area (Å²) in [5.41, 5.74) is 1.94. The number of aliphatic carboxylic acids is 1. The molecule has 1 rings (SSSR count). The highest BCUT2D eigenvalue weighted by atomic mass is 16.4. The van der Waals surface area contributed by atoms with Crippen molar-refractivity contribution in [2.24, 2.45) is 5.92 Å². The number of rotatable bonds is 5. The van der Waals surface area contributed by atoms with E-state index in [9.17, 15) is 9.90 Å². The molecular weight excluding hydrogens is 216 g/mol. The molecule has 1 aromatic carbocycles. The molecule has 0 bridgehead atoms. The first-order chi connectivity index (χ1) is 7.91. The maximum atomic E-state index is 10.6. The Morgan fingerprint density at radius 1 is 1.35 bits per heavy atom. The molecule has 0 unspecified atom stereocenters. The van der Waals surface area contributed by atoms with Crippen molar-refractivity contribution in [3.8, 4) is 5.75 Å². The SMILES string of the molecule is Cc1ccc(O)c([C@H](CCC(=O)O)C(C)C)c1. The molecule has 94 valence electrons. The van der Waals surface area contributed by atoms with Gasteiger partial charge in [-0.1, -0.05) is 31.5 Å². The lowest BCUT2D eigenvalue weighted by Crippen LogP contribution is -2.10. The molecule has 0 amide bonds. The molecule has 0 aliphatic rings. The van der Waals surface area contributed by atoms with Gasteiger partial charge in [0.25, 0.3) is 0 Å². The second-order valence-electron chi connectivity index (χ2n) is 4.85. The van der Waals surface area contributed by atoms with Gasteiger partial charge in [0.1, 0.15) is 5.75 Å². The summed E-state index contributed by atoms with van der Waals surface area (Å²) < 4.78 is 0. The van der Waals surface area contributed by atoms with E-state index in [4.69, 9.17) is 5.11 Å². The van der Waals surface area contributed by atoms with Crippen molar-refractivity contribution < 1.29 is 15.0 Å². The first-order valence-corrected chi connectivity index (χ1v) is 5.93. The Morgan fingerprint density at radius 2 is 2.00 bits per heavy atom. The third-order valence-electron chi connectivity index (χ3n) is 3.06. The molecule has 0 spiro atoms. The van der Waals surface area contributed by atoms with Crippen LogP contribution in [0.5, 0.6) is 5.75 Å². The van der Waals surface area contributed by atoms with Crippen molar-refractivity contribution in [3.05, 3.63) is 29.3 Å². The summed E-state index contributed by atoms with van der Waals surface area (Å²) in [6.45, 7) is 6.07. The molecule has 3 heteroatoms. The number of aromatic hydroxyl groups is 1. The monoisotopic (exact) mass is 236 g/mol. The van der Waals surface area contributed by atoms with Crippen LogP contribution in [0.25, 0.3) is 0 Å². The van der Waals surface area contributed by atoms with E-state index in [1.165, 1.54) is 0 Å². The smallest absolute Gasteiger partial charge is 0.303 e. The lowest BCUT2D eigenvalue weighted by atomic mass is 9.83. The van der Waals surface area contributed by atoms with E-state index in [1.807, 2.05) is 32.9 Å². The van der Waals surface area contributed by atoms with Gasteiger partial charge in [0.15, 0.2) is 0 Å². The summed E-state index contributed by atoms with van der Waals surface area (Å²) in [7, 11) is 0. The molecule has 0 aliphatic heterocycles. The van der Waals surface area contributed by atoms with E-state index in [0.717, 1.165) is 11.1 Å².